The summed E-state index contributed by atoms with van der Waals surface area (Å²) in [6.07, 6.45) is 1.34. The summed E-state index contributed by atoms with van der Waals surface area (Å²) in [5, 5.41) is 2.93. The van der Waals surface area contributed by atoms with Crippen LogP contribution < -0.4 is 5.32 Å². The highest BCUT2D eigenvalue weighted by Crippen LogP contribution is 2.22. The van der Waals surface area contributed by atoms with Crippen LogP contribution in [-0.2, 0) is 9.59 Å². The molecule has 0 aliphatic heterocycles. The van der Waals surface area contributed by atoms with Gasteiger partial charge in [-0.1, -0.05) is 41.5 Å². The number of hydrogen-bond donors (Lipinski definition) is 1. The van der Waals surface area contributed by atoms with E-state index in [0.717, 1.165) is 6.42 Å². The van der Waals surface area contributed by atoms with Gasteiger partial charge in [-0.2, -0.15) is 0 Å². The van der Waals surface area contributed by atoms with Gasteiger partial charge in [0.05, 0.1) is 6.54 Å². The third-order valence-electron chi connectivity index (χ3n) is 3.01. The lowest BCUT2D eigenvalue weighted by Gasteiger charge is -2.30. The second-order valence-corrected chi connectivity index (χ2v) is 9.66. The number of nitrogens with zero attached hydrogens (tertiary/aromatic N) is 1. The zero-order chi connectivity index (χ0) is 17.8. The van der Waals surface area contributed by atoms with Gasteiger partial charge in [-0.15, -0.1) is 0 Å². The van der Waals surface area contributed by atoms with Crippen LogP contribution in [0.15, 0.2) is 0 Å². The fraction of sp³-hybridized carbons (Fsp3) is 0.889. The Labute approximate surface area is 137 Å². The molecular weight excluding hydrogens is 276 g/mol. The minimum Gasteiger partial charge on any atom is -0.350 e. The number of rotatable bonds is 5. The highest BCUT2D eigenvalue weighted by atomic mass is 16.2. The Morgan fingerprint density at radius 3 is 1.73 bits per heavy atom. The Bertz CT molecular complexity index is 381. The quantitative estimate of drug-likeness (QED) is 0.843. The van der Waals surface area contributed by atoms with Gasteiger partial charge < -0.3 is 10.2 Å². The standard InChI is InChI=1S/C18H36N2O2/c1-16(2,3)10-11-20(15(22)12-17(4,5)6)13-14(21)19-18(7,8)9/h10-13H2,1-9H3,(H,19,21). The molecular formula is C18H36N2O2. The fourth-order valence-corrected chi connectivity index (χ4v) is 1.96. The minimum absolute atomic E-state index is 0.0563. The summed E-state index contributed by atoms with van der Waals surface area (Å²) in [4.78, 5) is 26.4. The van der Waals surface area contributed by atoms with Crippen molar-refractivity contribution in [3.63, 3.8) is 0 Å². The van der Waals surface area contributed by atoms with E-state index in [9.17, 15) is 9.59 Å². The number of carbonyl (C=O) groups excluding carboxylic acids is 2. The van der Waals surface area contributed by atoms with Crippen LogP contribution in [0.1, 0.15) is 75.2 Å². The third kappa shape index (κ3) is 11.6. The lowest BCUT2D eigenvalue weighted by atomic mass is 9.90. The smallest absolute Gasteiger partial charge is 0.240 e. The summed E-state index contributed by atoms with van der Waals surface area (Å²) in [5.74, 6) is -0.0375. The molecule has 0 saturated carbocycles. The Morgan fingerprint density at radius 2 is 1.36 bits per heavy atom. The molecule has 0 spiro atoms. The average molecular weight is 312 g/mol. The molecule has 0 atom stereocenters. The maximum atomic E-state index is 12.5. The van der Waals surface area contributed by atoms with Crippen LogP contribution in [0.25, 0.3) is 0 Å². The van der Waals surface area contributed by atoms with Crippen LogP contribution in [0, 0.1) is 10.8 Å². The molecule has 22 heavy (non-hydrogen) atoms. The van der Waals surface area contributed by atoms with E-state index < -0.39 is 0 Å². The fourth-order valence-electron chi connectivity index (χ4n) is 1.96. The largest absolute Gasteiger partial charge is 0.350 e. The zero-order valence-corrected chi connectivity index (χ0v) is 16.1. The van der Waals surface area contributed by atoms with Gasteiger partial charge in [-0.05, 0) is 38.0 Å². The first kappa shape index (κ1) is 20.9. The molecule has 0 heterocycles. The molecule has 0 aromatic heterocycles. The van der Waals surface area contributed by atoms with E-state index in [-0.39, 0.29) is 34.7 Å². The molecule has 0 aliphatic rings. The van der Waals surface area contributed by atoms with E-state index in [1.165, 1.54) is 0 Å². The first-order valence-corrected chi connectivity index (χ1v) is 8.18. The number of hydrogen-bond acceptors (Lipinski definition) is 2. The van der Waals surface area contributed by atoms with E-state index in [0.29, 0.717) is 13.0 Å². The van der Waals surface area contributed by atoms with Crippen molar-refractivity contribution in [1.29, 1.82) is 0 Å². The first-order chi connectivity index (χ1) is 9.59. The molecule has 0 fully saturated rings. The van der Waals surface area contributed by atoms with Crippen molar-refractivity contribution in [1.82, 2.24) is 10.2 Å². The normalized spacial score (nSPS) is 13.0. The third-order valence-corrected chi connectivity index (χ3v) is 3.01. The summed E-state index contributed by atoms with van der Waals surface area (Å²) in [5.41, 5.74) is -0.210. The van der Waals surface area contributed by atoms with E-state index in [1.807, 2.05) is 41.5 Å². The summed E-state index contributed by atoms with van der Waals surface area (Å²) in [6, 6.07) is 0. The SMILES string of the molecule is CC(C)(C)CCN(CC(=O)NC(C)(C)C)C(=O)CC(C)(C)C. The summed E-state index contributed by atoms with van der Waals surface area (Å²) >= 11 is 0. The molecule has 0 rings (SSSR count). The Hall–Kier alpha value is -1.06. The van der Waals surface area contributed by atoms with Gasteiger partial charge in [0.2, 0.25) is 11.8 Å². The van der Waals surface area contributed by atoms with Crippen LogP contribution in [-0.4, -0.2) is 35.3 Å². The number of nitrogens with one attached hydrogen (secondary N) is 1. The highest BCUT2D eigenvalue weighted by molar-refractivity contribution is 5.85. The first-order valence-electron chi connectivity index (χ1n) is 8.18. The number of carbonyl (C=O) groups is 2. The Balaban J connectivity index is 4.86. The molecule has 0 aromatic carbocycles. The van der Waals surface area contributed by atoms with Crippen LogP contribution in [0.3, 0.4) is 0 Å². The number of amides is 2. The lowest BCUT2D eigenvalue weighted by molar-refractivity contribution is -0.138. The van der Waals surface area contributed by atoms with Crippen molar-refractivity contribution in [3.8, 4) is 0 Å². The monoisotopic (exact) mass is 312 g/mol. The average Bonchev–Trinajstić information content (AvgIpc) is 2.17. The molecule has 1 N–H and O–H groups in total. The van der Waals surface area contributed by atoms with E-state index in [1.54, 1.807) is 4.90 Å². The van der Waals surface area contributed by atoms with Crippen LogP contribution in [0.5, 0.6) is 0 Å². The molecule has 2 amide bonds. The molecule has 0 aliphatic carbocycles. The minimum atomic E-state index is -0.278. The van der Waals surface area contributed by atoms with Crippen LogP contribution in [0.4, 0.5) is 0 Å². The molecule has 4 heteroatoms. The van der Waals surface area contributed by atoms with E-state index in [4.69, 9.17) is 0 Å². The van der Waals surface area contributed by atoms with Crippen molar-refractivity contribution in [2.24, 2.45) is 10.8 Å². The predicted molar refractivity (Wildman–Crippen MR) is 92.6 cm³/mol. The van der Waals surface area contributed by atoms with Crippen molar-refractivity contribution in [3.05, 3.63) is 0 Å². The summed E-state index contributed by atoms with van der Waals surface area (Å²) < 4.78 is 0. The van der Waals surface area contributed by atoms with Crippen LogP contribution >= 0.6 is 0 Å². The maximum absolute atomic E-state index is 12.5. The molecule has 0 aromatic rings. The zero-order valence-electron chi connectivity index (χ0n) is 16.1. The molecule has 4 nitrogen and oxygen atoms in total. The van der Waals surface area contributed by atoms with Crippen molar-refractivity contribution >= 4 is 11.8 Å². The second kappa shape index (κ2) is 7.47. The second-order valence-electron chi connectivity index (χ2n) is 9.66. The topological polar surface area (TPSA) is 49.4 Å². The van der Waals surface area contributed by atoms with Gasteiger partial charge in [-0.25, -0.2) is 0 Å². The molecule has 0 saturated heterocycles. The van der Waals surface area contributed by atoms with Crippen LogP contribution in [0.2, 0.25) is 0 Å². The summed E-state index contributed by atoms with van der Waals surface area (Å²) in [6.45, 7) is 19.2. The van der Waals surface area contributed by atoms with Gasteiger partial charge in [0, 0.05) is 18.5 Å². The molecule has 0 bridgehead atoms. The molecule has 130 valence electrons. The van der Waals surface area contributed by atoms with Crippen molar-refractivity contribution in [2.75, 3.05) is 13.1 Å². The Kier molecular flexibility index (Phi) is 7.11. The van der Waals surface area contributed by atoms with Gasteiger partial charge in [0.15, 0.2) is 0 Å². The van der Waals surface area contributed by atoms with Gasteiger partial charge in [-0.3, -0.25) is 9.59 Å². The van der Waals surface area contributed by atoms with Crippen molar-refractivity contribution in [2.45, 2.75) is 80.7 Å². The molecule has 0 unspecified atom stereocenters. The van der Waals surface area contributed by atoms with Gasteiger partial charge >= 0.3 is 0 Å². The maximum Gasteiger partial charge on any atom is 0.240 e. The highest BCUT2D eigenvalue weighted by Gasteiger charge is 2.25. The lowest BCUT2D eigenvalue weighted by Crippen LogP contribution is -2.48. The van der Waals surface area contributed by atoms with E-state index in [2.05, 4.69) is 26.1 Å². The molecule has 0 radical (unpaired) electrons. The predicted octanol–water partition coefficient (Wildman–Crippen LogP) is 3.60. The van der Waals surface area contributed by atoms with Crippen molar-refractivity contribution < 1.29 is 9.59 Å². The summed E-state index contributed by atoms with van der Waals surface area (Å²) in [7, 11) is 0. The van der Waals surface area contributed by atoms with Gasteiger partial charge in [0.25, 0.3) is 0 Å². The van der Waals surface area contributed by atoms with Gasteiger partial charge in [0.1, 0.15) is 0 Å². The Morgan fingerprint density at radius 1 is 0.864 bits per heavy atom. The van der Waals surface area contributed by atoms with E-state index >= 15 is 0 Å².